The molecule has 14 heavy (non-hydrogen) atoms. The molecular weight excluding hydrogens is 172 g/mol. The van der Waals surface area contributed by atoms with Crippen molar-refractivity contribution in [2.45, 2.75) is 44.6 Å². The molecule has 1 N–H and O–H groups in total. The van der Waals surface area contributed by atoms with Crippen molar-refractivity contribution in [3.8, 4) is 0 Å². The first-order valence-corrected chi connectivity index (χ1v) is 6.27. The monoisotopic (exact) mass is 196 g/mol. The van der Waals surface area contributed by atoms with Crippen molar-refractivity contribution in [2.75, 3.05) is 26.7 Å². The SMILES string of the molecule is CN1CCCC1CCC1CCCNC1. The summed E-state index contributed by atoms with van der Waals surface area (Å²) in [5, 5.41) is 3.51. The molecule has 0 amide bonds. The van der Waals surface area contributed by atoms with E-state index in [0.717, 1.165) is 12.0 Å². The molecule has 2 atom stereocenters. The molecule has 0 saturated carbocycles. The predicted octanol–water partition coefficient (Wildman–Crippen LogP) is 1.86. The summed E-state index contributed by atoms with van der Waals surface area (Å²) in [6.07, 6.45) is 8.60. The number of nitrogens with one attached hydrogen (secondary N) is 1. The van der Waals surface area contributed by atoms with Gasteiger partial charge < -0.3 is 10.2 Å². The minimum atomic E-state index is 0.900. The van der Waals surface area contributed by atoms with Crippen molar-refractivity contribution in [3.05, 3.63) is 0 Å². The molecule has 2 unspecified atom stereocenters. The van der Waals surface area contributed by atoms with Gasteiger partial charge in [0.2, 0.25) is 0 Å². The molecule has 0 aromatic rings. The molecule has 2 aliphatic rings. The van der Waals surface area contributed by atoms with Gasteiger partial charge in [0.1, 0.15) is 0 Å². The van der Waals surface area contributed by atoms with E-state index in [-0.39, 0.29) is 0 Å². The van der Waals surface area contributed by atoms with E-state index in [1.165, 1.54) is 58.2 Å². The van der Waals surface area contributed by atoms with Gasteiger partial charge in [-0.1, -0.05) is 0 Å². The highest BCUT2D eigenvalue weighted by molar-refractivity contribution is 4.78. The van der Waals surface area contributed by atoms with Crippen LogP contribution in [0.1, 0.15) is 38.5 Å². The van der Waals surface area contributed by atoms with E-state index in [0.29, 0.717) is 0 Å². The fraction of sp³-hybridized carbons (Fsp3) is 1.00. The van der Waals surface area contributed by atoms with Crippen molar-refractivity contribution < 1.29 is 0 Å². The lowest BCUT2D eigenvalue weighted by Crippen LogP contribution is -2.31. The Bertz CT molecular complexity index is 164. The molecule has 2 saturated heterocycles. The summed E-state index contributed by atoms with van der Waals surface area (Å²) in [6, 6.07) is 0.900. The topological polar surface area (TPSA) is 15.3 Å². The fourth-order valence-electron chi connectivity index (χ4n) is 2.94. The predicted molar refractivity (Wildman–Crippen MR) is 60.5 cm³/mol. The number of hydrogen-bond donors (Lipinski definition) is 1. The maximum absolute atomic E-state index is 3.51. The minimum Gasteiger partial charge on any atom is -0.316 e. The first-order valence-electron chi connectivity index (χ1n) is 6.27. The van der Waals surface area contributed by atoms with Gasteiger partial charge >= 0.3 is 0 Å². The van der Waals surface area contributed by atoms with Gasteiger partial charge in [0.25, 0.3) is 0 Å². The van der Waals surface area contributed by atoms with E-state index >= 15 is 0 Å². The molecule has 0 aromatic carbocycles. The van der Waals surface area contributed by atoms with Crippen molar-refractivity contribution in [3.63, 3.8) is 0 Å². The highest BCUT2D eigenvalue weighted by Crippen LogP contribution is 2.23. The third-order valence-corrected chi connectivity index (χ3v) is 3.98. The largest absolute Gasteiger partial charge is 0.316 e. The quantitative estimate of drug-likeness (QED) is 0.741. The van der Waals surface area contributed by atoms with Crippen LogP contribution in [-0.2, 0) is 0 Å². The molecule has 2 heteroatoms. The summed E-state index contributed by atoms with van der Waals surface area (Å²) in [6.45, 7) is 3.85. The van der Waals surface area contributed by atoms with Crippen molar-refractivity contribution in [1.82, 2.24) is 10.2 Å². The van der Waals surface area contributed by atoms with Crippen LogP contribution in [0.4, 0.5) is 0 Å². The molecule has 2 fully saturated rings. The van der Waals surface area contributed by atoms with Crippen LogP contribution in [0.25, 0.3) is 0 Å². The number of rotatable bonds is 3. The van der Waals surface area contributed by atoms with Crippen LogP contribution in [0.5, 0.6) is 0 Å². The molecule has 0 aromatic heterocycles. The van der Waals surface area contributed by atoms with Gasteiger partial charge in [0, 0.05) is 6.04 Å². The van der Waals surface area contributed by atoms with Gasteiger partial charge in [-0.15, -0.1) is 0 Å². The second-order valence-electron chi connectivity index (χ2n) is 5.07. The number of hydrogen-bond acceptors (Lipinski definition) is 2. The summed E-state index contributed by atoms with van der Waals surface area (Å²) in [7, 11) is 2.29. The van der Waals surface area contributed by atoms with Gasteiger partial charge in [-0.05, 0) is 71.1 Å². The smallest absolute Gasteiger partial charge is 0.00927 e. The number of likely N-dealkylation sites (tertiary alicyclic amines) is 1. The fourth-order valence-corrected chi connectivity index (χ4v) is 2.94. The summed E-state index contributed by atoms with van der Waals surface area (Å²) >= 11 is 0. The Kier molecular flexibility index (Phi) is 3.82. The summed E-state index contributed by atoms with van der Waals surface area (Å²) in [5.74, 6) is 0.970. The van der Waals surface area contributed by atoms with Crippen LogP contribution in [0.3, 0.4) is 0 Å². The zero-order valence-corrected chi connectivity index (χ0v) is 9.47. The average Bonchev–Trinajstić information content (AvgIpc) is 2.63. The Morgan fingerprint density at radius 1 is 1.21 bits per heavy atom. The molecule has 2 heterocycles. The Balaban J connectivity index is 1.65. The van der Waals surface area contributed by atoms with Crippen LogP contribution >= 0.6 is 0 Å². The Morgan fingerprint density at radius 2 is 2.14 bits per heavy atom. The van der Waals surface area contributed by atoms with Crippen molar-refractivity contribution in [2.24, 2.45) is 5.92 Å². The molecule has 0 aliphatic carbocycles. The molecular formula is C12H24N2. The maximum Gasteiger partial charge on any atom is 0.00927 e. The van der Waals surface area contributed by atoms with E-state index in [1.54, 1.807) is 0 Å². The Hall–Kier alpha value is -0.0800. The third kappa shape index (κ3) is 2.71. The molecule has 2 aliphatic heterocycles. The lowest BCUT2D eigenvalue weighted by Gasteiger charge is -2.26. The second kappa shape index (κ2) is 5.13. The lowest BCUT2D eigenvalue weighted by molar-refractivity contribution is 0.261. The summed E-state index contributed by atoms with van der Waals surface area (Å²) < 4.78 is 0. The van der Waals surface area contributed by atoms with Gasteiger partial charge in [-0.2, -0.15) is 0 Å². The van der Waals surface area contributed by atoms with Gasteiger partial charge in [-0.25, -0.2) is 0 Å². The van der Waals surface area contributed by atoms with Gasteiger partial charge in [0.15, 0.2) is 0 Å². The van der Waals surface area contributed by atoms with Crippen LogP contribution < -0.4 is 5.32 Å². The van der Waals surface area contributed by atoms with Crippen molar-refractivity contribution >= 4 is 0 Å². The summed E-state index contributed by atoms with van der Waals surface area (Å²) in [4.78, 5) is 2.55. The zero-order valence-electron chi connectivity index (χ0n) is 9.47. The second-order valence-corrected chi connectivity index (χ2v) is 5.07. The van der Waals surface area contributed by atoms with E-state index in [1.807, 2.05) is 0 Å². The molecule has 2 nitrogen and oxygen atoms in total. The molecule has 0 spiro atoms. The van der Waals surface area contributed by atoms with E-state index in [9.17, 15) is 0 Å². The standard InChI is InChI=1S/C12H24N2/c1-14-9-3-5-12(14)7-6-11-4-2-8-13-10-11/h11-13H,2-10H2,1H3. The van der Waals surface area contributed by atoms with E-state index < -0.39 is 0 Å². The van der Waals surface area contributed by atoms with Gasteiger partial charge in [-0.3, -0.25) is 0 Å². The average molecular weight is 196 g/mol. The van der Waals surface area contributed by atoms with Crippen LogP contribution in [0.2, 0.25) is 0 Å². The Labute approximate surface area is 88.1 Å². The van der Waals surface area contributed by atoms with Crippen LogP contribution in [0.15, 0.2) is 0 Å². The number of nitrogens with zero attached hydrogens (tertiary/aromatic N) is 1. The van der Waals surface area contributed by atoms with Crippen LogP contribution in [0, 0.1) is 5.92 Å². The number of piperidine rings is 1. The van der Waals surface area contributed by atoms with Gasteiger partial charge in [0.05, 0.1) is 0 Å². The molecule has 0 bridgehead atoms. The summed E-state index contributed by atoms with van der Waals surface area (Å²) in [5.41, 5.74) is 0. The van der Waals surface area contributed by atoms with Crippen LogP contribution in [-0.4, -0.2) is 37.6 Å². The zero-order chi connectivity index (χ0) is 9.80. The molecule has 82 valence electrons. The molecule has 2 rings (SSSR count). The highest BCUT2D eigenvalue weighted by atomic mass is 15.1. The van der Waals surface area contributed by atoms with Crippen molar-refractivity contribution in [1.29, 1.82) is 0 Å². The normalized spacial score (nSPS) is 34.9. The lowest BCUT2D eigenvalue weighted by atomic mass is 9.92. The van der Waals surface area contributed by atoms with E-state index in [2.05, 4.69) is 17.3 Å². The molecule has 0 radical (unpaired) electrons. The first-order chi connectivity index (χ1) is 6.86. The van der Waals surface area contributed by atoms with E-state index in [4.69, 9.17) is 0 Å². The first kappa shape index (κ1) is 10.4. The highest BCUT2D eigenvalue weighted by Gasteiger charge is 2.22. The maximum atomic E-state index is 3.51. The Morgan fingerprint density at radius 3 is 2.79 bits per heavy atom. The third-order valence-electron chi connectivity index (χ3n) is 3.98. The minimum absolute atomic E-state index is 0.900.